The zero-order chi connectivity index (χ0) is 24.5. The molecule has 0 atom stereocenters. The van der Waals surface area contributed by atoms with Gasteiger partial charge in [-0.05, 0) is 42.6 Å². The number of halogens is 1. The Morgan fingerprint density at radius 2 is 2.06 bits per heavy atom. The number of rotatable bonds is 6. The van der Waals surface area contributed by atoms with E-state index in [9.17, 15) is 9.18 Å². The lowest BCUT2D eigenvalue weighted by Crippen LogP contribution is -2.45. The normalized spacial score (nSPS) is 14.7. The van der Waals surface area contributed by atoms with Gasteiger partial charge in [-0.15, -0.1) is 0 Å². The third kappa shape index (κ3) is 4.56. The van der Waals surface area contributed by atoms with Crippen LogP contribution in [0.2, 0.25) is 0 Å². The largest absolute Gasteiger partial charge is 0.396 e. The van der Waals surface area contributed by atoms with Crippen molar-refractivity contribution in [2.24, 2.45) is 0 Å². The van der Waals surface area contributed by atoms with Crippen LogP contribution in [0.5, 0.6) is 0 Å². The van der Waals surface area contributed by atoms with E-state index in [-0.39, 0.29) is 30.8 Å². The molecule has 0 saturated carbocycles. The number of nitrogens with one attached hydrogen (secondary N) is 1. The molecule has 4 heterocycles. The van der Waals surface area contributed by atoms with Crippen molar-refractivity contribution < 1.29 is 14.3 Å². The molecule has 0 radical (unpaired) electrons. The molecule has 1 aliphatic rings. The van der Waals surface area contributed by atoms with Crippen molar-refractivity contribution in [1.29, 1.82) is 0 Å². The molecule has 1 amide bonds. The summed E-state index contributed by atoms with van der Waals surface area (Å²) in [5.74, 6) is 0.203. The van der Waals surface area contributed by atoms with Crippen LogP contribution in [-0.2, 0) is 11.3 Å². The third-order valence-electron chi connectivity index (χ3n) is 6.72. The van der Waals surface area contributed by atoms with Gasteiger partial charge in [-0.25, -0.2) is 9.37 Å². The van der Waals surface area contributed by atoms with Gasteiger partial charge in [0.05, 0.1) is 24.0 Å². The van der Waals surface area contributed by atoms with Crippen molar-refractivity contribution in [3.8, 4) is 11.1 Å². The van der Waals surface area contributed by atoms with Crippen LogP contribution in [0, 0.1) is 5.82 Å². The number of nitrogen functional groups attached to an aromatic ring is 1. The number of aliphatic hydroxyl groups is 1. The second-order valence-corrected chi connectivity index (χ2v) is 8.93. The highest BCUT2D eigenvalue weighted by Crippen LogP contribution is 2.27. The van der Waals surface area contributed by atoms with Gasteiger partial charge >= 0.3 is 0 Å². The van der Waals surface area contributed by atoms with Gasteiger partial charge in [0, 0.05) is 54.8 Å². The predicted molar refractivity (Wildman–Crippen MR) is 134 cm³/mol. The van der Waals surface area contributed by atoms with Crippen molar-refractivity contribution in [2.75, 3.05) is 25.4 Å². The molecule has 35 heavy (non-hydrogen) atoms. The highest BCUT2D eigenvalue weighted by Gasteiger charge is 2.23. The zero-order valence-corrected chi connectivity index (χ0v) is 19.5. The Bertz CT molecular complexity index is 1400. The number of nitrogens with two attached hydrogens (primary N) is 1. The first-order valence-corrected chi connectivity index (χ1v) is 11.7. The second kappa shape index (κ2) is 9.59. The molecule has 1 aliphatic heterocycles. The lowest BCUT2D eigenvalue weighted by Gasteiger charge is -2.32. The van der Waals surface area contributed by atoms with Gasteiger partial charge in [0.1, 0.15) is 19.5 Å². The Morgan fingerprint density at radius 1 is 1.26 bits per heavy atom. The van der Waals surface area contributed by atoms with E-state index >= 15 is 0 Å². The average Bonchev–Trinajstić information content (AvgIpc) is 3.29. The number of aliphatic hydroxyl groups excluding tert-OH is 1. The van der Waals surface area contributed by atoms with E-state index in [2.05, 4.69) is 15.4 Å². The highest BCUT2D eigenvalue weighted by atomic mass is 19.1. The minimum atomic E-state index is -0.314. The van der Waals surface area contributed by atoms with Crippen molar-refractivity contribution in [1.82, 2.24) is 29.8 Å². The number of benzene rings is 1. The van der Waals surface area contributed by atoms with E-state index in [1.165, 1.54) is 12.1 Å². The Morgan fingerprint density at radius 3 is 2.83 bits per heavy atom. The molecule has 0 spiro atoms. The Labute approximate surface area is 202 Å². The van der Waals surface area contributed by atoms with Gasteiger partial charge in [-0.1, -0.05) is 0 Å². The molecule has 180 valence electrons. The number of piperidine rings is 1. The molecule has 9 nitrogen and oxygen atoms in total. The first-order chi connectivity index (χ1) is 16.9. The first-order valence-electron chi connectivity index (χ1n) is 11.7. The van der Waals surface area contributed by atoms with Crippen LogP contribution in [0.15, 0.2) is 36.7 Å². The van der Waals surface area contributed by atoms with E-state index in [1.807, 2.05) is 18.8 Å². The van der Waals surface area contributed by atoms with Crippen LogP contribution >= 0.6 is 0 Å². The molecule has 3 aromatic heterocycles. The van der Waals surface area contributed by atoms with Crippen LogP contribution < -0.4 is 16.5 Å². The molecule has 1 saturated heterocycles. The Balaban J connectivity index is 1.37. The van der Waals surface area contributed by atoms with Crippen molar-refractivity contribution >= 4 is 41.6 Å². The number of nitrogens with zero attached hydrogens (tertiary/aromatic N) is 5. The highest BCUT2D eigenvalue weighted by molar-refractivity contribution is 6.36. The fourth-order valence-corrected chi connectivity index (χ4v) is 4.60. The number of carbonyl (C=O) groups excluding carboxylic acids is 1. The van der Waals surface area contributed by atoms with E-state index in [1.54, 1.807) is 23.0 Å². The molecule has 0 aliphatic carbocycles. The zero-order valence-electron chi connectivity index (χ0n) is 19.5. The Hall–Kier alpha value is -3.57. The minimum absolute atomic E-state index is 0.000803. The molecule has 11 heteroatoms. The minimum Gasteiger partial charge on any atom is -0.396 e. The summed E-state index contributed by atoms with van der Waals surface area (Å²) in [6.45, 7) is 1.76. The number of amides is 1. The van der Waals surface area contributed by atoms with Crippen molar-refractivity contribution in [3.05, 3.63) is 48.2 Å². The van der Waals surface area contributed by atoms with Gasteiger partial charge in [-0.2, -0.15) is 9.61 Å². The van der Waals surface area contributed by atoms with Crippen LogP contribution in [0.1, 0.15) is 25.0 Å². The third-order valence-corrected chi connectivity index (χ3v) is 6.72. The summed E-state index contributed by atoms with van der Waals surface area (Å²) < 4.78 is 15.4. The van der Waals surface area contributed by atoms with Crippen LogP contribution in [-0.4, -0.2) is 69.1 Å². The van der Waals surface area contributed by atoms with E-state index in [0.29, 0.717) is 42.0 Å². The van der Waals surface area contributed by atoms with E-state index in [0.717, 1.165) is 35.1 Å². The summed E-state index contributed by atoms with van der Waals surface area (Å²) in [4.78, 5) is 23.1. The molecular weight excluding hydrogens is 448 g/mol. The number of hydrogen-bond donors (Lipinski definition) is 3. The summed E-state index contributed by atoms with van der Waals surface area (Å²) in [7, 11) is 1.93. The maximum absolute atomic E-state index is 13.7. The van der Waals surface area contributed by atoms with E-state index < -0.39 is 0 Å². The maximum Gasteiger partial charge on any atom is 0.224 e. The molecule has 5 rings (SSSR count). The van der Waals surface area contributed by atoms with Crippen molar-refractivity contribution in [2.45, 2.75) is 31.8 Å². The molecule has 0 unspecified atom stereocenters. The predicted octanol–water partition coefficient (Wildman–Crippen LogP) is 0.387. The summed E-state index contributed by atoms with van der Waals surface area (Å²) in [5, 5.41) is 17.7. The Kier molecular flexibility index (Phi) is 6.35. The molecule has 4 N–H and O–H groups in total. The monoisotopic (exact) mass is 475 g/mol. The molecule has 4 aromatic rings. The summed E-state index contributed by atoms with van der Waals surface area (Å²) in [6.07, 6.45) is 5.29. The quantitative estimate of drug-likeness (QED) is 0.345. The molecule has 1 fully saturated rings. The number of pyridine rings is 1. The fourth-order valence-electron chi connectivity index (χ4n) is 4.60. The van der Waals surface area contributed by atoms with Crippen LogP contribution in [0.4, 0.5) is 10.2 Å². The standard InChI is InChI=1S/C24H27BFN7O2/c25-22-20(13-28-17-3-6-32(7-4-17)21(35)5-8-34)31-24-18(12-30-33(24)23(22)27)15-9-14-10-16(26)1-2-19(14)29-11-15/h1-2,9-12,17,28,34H,3-8,13,25,27H2. The van der Waals surface area contributed by atoms with Crippen molar-refractivity contribution in [3.63, 3.8) is 0 Å². The smallest absolute Gasteiger partial charge is 0.224 e. The van der Waals surface area contributed by atoms with Gasteiger partial charge in [-0.3, -0.25) is 9.78 Å². The lowest BCUT2D eigenvalue weighted by atomic mass is 9.93. The molecule has 0 bridgehead atoms. The number of likely N-dealkylation sites (tertiary alicyclic amines) is 1. The summed E-state index contributed by atoms with van der Waals surface area (Å²) in [6, 6.07) is 6.65. The number of anilines is 1. The topological polar surface area (TPSA) is 122 Å². The number of aromatic nitrogens is 4. The SMILES string of the molecule is Bc1c(CNC2CCN(C(=O)CCO)CC2)nc2c(-c3cnc4ccc(F)cc4c3)cnn2c1N. The summed E-state index contributed by atoms with van der Waals surface area (Å²) in [5.41, 5.74) is 11.0. The van der Waals surface area contributed by atoms with Gasteiger partial charge < -0.3 is 21.1 Å². The average molecular weight is 475 g/mol. The first kappa shape index (κ1) is 23.2. The number of carbonyl (C=O) groups is 1. The lowest BCUT2D eigenvalue weighted by molar-refractivity contribution is -0.133. The van der Waals surface area contributed by atoms with Gasteiger partial charge in [0.2, 0.25) is 5.91 Å². The molecule has 1 aromatic carbocycles. The summed E-state index contributed by atoms with van der Waals surface area (Å²) >= 11 is 0. The number of hydrogen-bond acceptors (Lipinski definition) is 7. The van der Waals surface area contributed by atoms with Gasteiger partial charge in [0.25, 0.3) is 0 Å². The molecular formula is C24H27BFN7O2. The van der Waals surface area contributed by atoms with E-state index in [4.69, 9.17) is 15.8 Å². The van der Waals surface area contributed by atoms with Crippen LogP contribution in [0.3, 0.4) is 0 Å². The number of fused-ring (bicyclic) bond motifs is 2. The fraction of sp³-hybridized carbons (Fsp3) is 0.333. The van der Waals surface area contributed by atoms with Crippen LogP contribution in [0.25, 0.3) is 27.7 Å². The second-order valence-electron chi connectivity index (χ2n) is 8.93. The van der Waals surface area contributed by atoms with Gasteiger partial charge in [0.15, 0.2) is 5.65 Å². The maximum atomic E-state index is 13.7.